The molecule has 0 spiro atoms. The van der Waals surface area contributed by atoms with Crippen LogP contribution in [-0.2, 0) is 9.59 Å². The molecule has 0 fully saturated rings. The van der Waals surface area contributed by atoms with Gasteiger partial charge in [0.15, 0.2) is 11.5 Å². The second kappa shape index (κ2) is 9.41. The van der Waals surface area contributed by atoms with Crippen LogP contribution in [0.5, 0.6) is 11.5 Å². The molecule has 1 N–H and O–H groups in total. The lowest BCUT2D eigenvalue weighted by Crippen LogP contribution is -2.13. The molecule has 2 rings (SSSR count). The smallest absolute Gasteiger partial charge is 0.308 e. The molecule has 0 aliphatic carbocycles. The third kappa shape index (κ3) is 5.87. The van der Waals surface area contributed by atoms with Gasteiger partial charge in [0.1, 0.15) is 11.6 Å². The summed E-state index contributed by atoms with van der Waals surface area (Å²) in [7, 11) is 0. The Labute approximate surface area is 162 Å². The molecule has 0 saturated heterocycles. The standard InChI is InChI=1S/C20H17ClN2O4/c1-3-26-19-11-14(4-9-18(19)27-13(2)24)10-15(12-22)20(25)23-17-7-5-16(21)6-8-17/h4-11H,3H2,1-2H3,(H,23,25)/b15-10+. The molecule has 0 heterocycles. The Balaban J connectivity index is 2.26. The molecule has 6 nitrogen and oxygen atoms in total. The predicted octanol–water partition coefficient (Wildman–Crippen LogP) is 4.21. The minimum atomic E-state index is -0.554. The molecule has 0 saturated carbocycles. The molecule has 0 aliphatic rings. The fraction of sp³-hybridized carbons (Fsp3) is 0.150. The number of rotatable bonds is 6. The van der Waals surface area contributed by atoms with E-state index in [1.165, 1.54) is 13.0 Å². The lowest BCUT2D eigenvalue weighted by molar-refractivity contribution is -0.132. The van der Waals surface area contributed by atoms with Crippen LogP contribution in [0.4, 0.5) is 5.69 Å². The van der Waals surface area contributed by atoms with Crippen molar-refractivity contribution in [1.29, 1.82) is 5.26 Å². The SMILES string of the molecule is CCOc1cc(/C=C(\C#N)C(=O)Nc2ccc(Cl)cc2)ccc1OC(C)=O. The molecule has 2 aromatic rings. The van der Waals surface area contributed by atoms with Crippen LogP contribution in [0.2, 0.25) is 5.02 Å². The lowest BCUT2D eigenvalue weighted by atomic mass is 10.1. The highest BCUT2D eigenvalue weighted by Crippen LogP contribution is 2.29. The molecule has 7 heteroatoms. The van der Waals surface area contributed by atoms with Crippen molar-refractivity contribution in [1.82, 2.24) is 0 Å². The van der Waals surface area contributed by atoms with Gasteiger partial charge in [-0.25, -0.2) is 0 Å². The fourth-order valence-corrected chi connectivity index (χ4v) is 2.29. The number of anilines is 1. The van der Waals surface area contributed by atoms with Crippen molar-refractivity contribution in [2.75, 3.05) is 11.9 Å². The Bertz CT molecular complexity index is 915. The number of benzene rings is 2. The summed E-state index contributed by atoms with van der Waals surface area (Å²) in [6, 6.07) is 13.2. The van der Waals surface area contributed by atoms with Crippen LogP contribution in [-0.4, -0.2) is 18.5 Å². The van der Waals surface area contributed by atoms with E-state index in [0.29, 0.717) is 28.6 Å². The van der Waals surface area contributed by atoms with Gasteiger partial charge in [0.2, 0.25) is 0 Å². The van der Waals surface area contributed by atoms with Gasteiger partial charge in [-0.1, -0.05) is 17.7 Å². The van der Waals surface area contributed by atoms with E-state index in [4.69, 9.17) is 21.1 Å². The van der Waals surface area contributed by atoms with Gasteiger partial charge in [-0.3, -0.25) is 9.59 Å². The van der Waals surface area contributed by atoms with Gasteiger partial charge in [-0.2, -0.15) is 5.26 Å². The number of nitriles is 1. The minimum absolute atomic E-state index is 0.0902. The maximum absolute atomic E-state index is 12.3. The first kappa shape index (κ1) is 20.0. The largest absolute Gasteiger partial charge is 0.490 e. The van der Waals surface area contributed by atoms with Gasteiger partial charge < -0.3 is 14.8 Å². The number of esters is 1. The first-order valence-electron chi connectivity index (χ1n) is 8.07. The van der Waals surface area contributed by atoms with Crippen molar-refractivity contribution < 1.29 is 19.1 Å². The van der Waals surface area contributed by atoms with E-state index in [2.05, 4.69) is 5.32 Å². The number of ether oxygens (including phenoxy) is 2. The first-order chi connectivity index (χ1) is 12.9. The van der Waals surface area contributed by atoms with E-state index in [0.717, 1.165) is 0 Å². The molecule has 2 aromatic carbocycles. The summed E-state index contributed by atoms with van der Waals surface area (Å²) in [5, 5.41) is 12.5. The number of carbonyl (C=O) groups is 2. The van der Waals surface area contributed by atoms with Crippen LogP contribution >= 0.6 is 11.6 Å². The summed E-state index contributed by atoms with van der Waals surface area (Å²) >= 11 is 5.81. The summed E-state index contributed by atoms with van der Waals surface area (Å²) in [6.07, 6.45) is 1.42. The summed E-state index contributed by atoms with van der Waals surface area (Å²) in [6.45, 7) is 3.45. The zero-order valence-corrected chi connectivity index (χ0v) is 15.5. The molecule has 0 aromatic heterocycles. The molecular weight excluding hydrogens is 368 g/mol. The quantitative estimate of drug-likeness (QED) is 0.349. The molecule has 1 amide bonds. The molecule has 0 bridgehead atoms. The van der Waals surface area contributed by atoms with E-state index in [-0.39, 0.29) is 11.3 Å². The average molecular weight is 385 g/mol. The molecule has 0 unspecified atom stereocenters. The number of nitrogens with one attached hydrogen (secondary N) is 1. The van der Waals surface area contributed by atoms with E-state index < -0.39 is 11.9 Å². The number of hydrogen-bond donors (Lipinski definition) is 1. The average Bonchev–Trinajstić information content (AvgIpc) is 2.63. The predicted molar refractivity (Wildman–Crippen MR) is 103 cm³/mol. The molecule has 27 heavy (non-hydrogen) atoms. The van der Waals surface area contributed by atoms with E-state index in [1.807, 2.05) is 6.07 Å². The molecule has 138 valence electrons. The monoisotopic (exact) mass is 384 g/mol. The second-order valence-electron chi connectivity index (χ2n) is 5.36. The van der Waals surface area contributed by atoms with Crippen LogP contribution in [0.3, 0.4) is 0 Å². The van der Waals surface area contributed by atoms with Crippen LogP contribution in [0.1, 0.15) is 19.4 Å². The van der Waals surface area contributed by atoms with E-state index in [1.54, 1.807) is 49.4 Å². The third-order valence-corrected chi connectivity index (χ3v) is 3.55. The topological polar surface area (TPSA) is 88.4 Å². The van der Waals surface area contributed by atoms with Crippen LogP contribution in [0, 0.1) is 11.3 Å². The van der Waals surface area contributed by atoms with Crippen LogP contribution in [0.15, 0.2) is 48.0 Å². The van der Waals surface area contributed by atoms with Crippen LogP contribution in [0.25, 0.3) is 6.08 Å². The number of halogens is 1. The Morgan fingerprint density at radius 3 is 2.48 bits per heavy atom. The van der Waals surface area contributed by atoms with Crippen LogP contribution < -0.4 is 14.8 Å². The number of carbonyl (C=O) groups excluding carboxylic acids is 2. The Morgan fingerprint density at radius 2 is 1.89 bits per heavy atom. The Hall–Kier alpha value is -3.30. The number of hydrogen-bond acceptors (Lipinski definition) is 5. The van der Waals surface area contributed by atoms with Gasteiger partial charge in [0, 0.05) is 17.6 Å². The maximum Gasteiger partial charge on any atom is 0.308 e. The van der Waals surface area contributed by atoms with Crippen molar-refractivity contribution in [3.63, 3.8) is 0 Å². The fourth-order valence-electron chi connectivity index (χ4n) is 2.17. The van der Waals surface area contributed by atoms with Crippen molar-refractivity contribution in [2.45, 2.75) is 13.8 Å². The minimum Gasteiger partial charge on any atom is -0.490 e. The maximum atomic E-state index is 12.3. The Morgan fingerprint density at radius 1 is 1.19 bits per heavy atom. The number of amides is 1. The van der Waals surface area contributed by atoms with Gasteiger partial charge >= 0.3 is 5.97 Å². The zero-order valence-electron chi connectivity index (χ0n) is 14.8. The van der Waals surface area contributed by atoms with E-state index in [9.17, 15) is 14.9 Å². The van der Waals surface area contributed by atoms with Crippen molar-refractivity contribution in [3.8, 4) is 17.6 Å². The summed E-state index contributed by atoms with van der Waals surface area (Å²) in [5.74, 6) is -0.413. The highest BCUT2D eigenvalue weighted by atomic mass is 35.5. The third-order valence-electron chi connectivity index (χ3n) is 3.30. The van der Waals surface area contributed by atoms with Gasteiger partial charge in [0.05, 0.1) is 6.61 Å². The van der Waals surface area contributed by atoms with Crippen molar-refractivity contribution >= 4 is 35.2 Å². The molecule has 0 radical (unpaired) electrons. The van der Waals surface area contributed by atoms with Gasteiger partial charge in [0.25, 0.3) is 5.91 Å². The lowest BCUT2D eigenvalue weighted by Gasteiger charge is -2.10. The Kier molecular flexibility index (Phi) is 6.98. The highest BCUT2D eigenvalue weighted by Gasteiger charge is 2.12. The first-order valence-corrected chi connectivity index (χ1v) is 8.44. The zero-order chi connectivity index (χ0) is 19.8. The van der Waals surface area contributed by atoms with Gasteiger partial charge in [-0.15, -0.1) is 0 Å². The van der Waals surface area contributed by atoms with Gasteiger partial charge in [-0.05, 0) is 55.0 Å². The molecule has 0 atom stereocenters. The summed E-state index contributed by atoms with van der Waals surface area (Å²) in [4.78, 5) is 23.5. The summed E-state index contributed by atoms with van der Waals surface area (Å²) < 4.78 is 10.5. The highest BCUT2D eigenvalue weighted by molar-refractivity contribution is 6.30. The summed E-state index contributed by atoms with van der Waals surface area (Å²) in [5.41, 5.74) is 0.982. The van der Waals surface area contributed by atoms with E-state index >= 15 is 0 Å². The normalized spacial score (nSPS) is 10.7. The second-order valence-corrected chi connectivity index (χ2v) is 5.80. The van der Waals surface area contributed by atoms with Crippen molar-refractivity contribution in [2.24, 2.45) is 0 Å². The molecule has 0 aliphatic heterocycles. The molecular formula is C20H17ClN2O4. The van der Waals surface area contributed by atoms with Crippen molar-refractivity contribution in [3.05, 3.63) is 58.6 Å². The number of nitrogens with zero attached hydrogens (tertiary/aromatic N) is 1.